The fraction of sp³-hybridized carbons (Fsp3) is 0.143. The smallest absolute Gasteiger partial charge is 0.256 e. The Labute approximate surface area is 125 Å². The number of nitrogens with two attached hydrogens (primary N) is 1. The summed E-state index contributed by atoms with van der Waals surface area (Å²) in [5.74, 6) is 0.231. The van der Waals surface area contributed by atoms with Gasteiger partial charge in [-0.3, -0.25) is 4.79 Å². The Bertz CT molecular complexity index is 643. The lowest BCUT2D eigenvalue weighted by Crippen LogP contribution is -2.15. The molecular weight excluding hydrogens is 320 g/mol. The van der Waals surface area contributed by atoms with Gasteiger partial charge in [0.05, 0.1) is 15.8 Å². The molecule has 0 bridgehead atoms. The van der Waals surface area contributed by atoms with Crippen molar-refractivity contribution in [3.8, 4) is 0 Å². The second-order valence-electron chi connectivity index (χ2n) is 4.46. The molecule has 6 heteroatoms. The Morgan fingerprint density at radius 1 is 1.35 bits per heavy atom. The fourth-order valence-corrected chi connectivity index (χ4v) is 2.11. The van der Waals surface area contributed by atoms with Gasteiger partial charge in [0.1, 0.15) is 5.82 Å². The molecule has 20 heavy (non-hydrogen) atoms. The normalized spacial score (nSPS) is 10.2. The van der Waals surface area contributed by atoms with E-state index in [9.17, 15) is 4.79 Å². The van der Waals surface area contributed by atoms with Gasteiger partial charge < -0.3 is 16.0 Å². The maximum atomic E-state index is 12.2. The zero-order valence-electron chi connectivity index (χ0n) is 11.2. The van der Waals surface area contributed by atoms with Crippen molar-refractivity contribution in [2.75, 3.05) is 30.0 Å². The van der Waals surface area contributed by atoms with E-state index in [1.54, 1.807) is 24.4 Å². The summed E-state index contributed by atoms with van der Waals surface area (Å²) in [4.78, 5) is 18.1. The number of carbonyl (C=O) groups excluding carboxylic acids is 1. The number of nitrogens with one attached hydrogen (secondary N) is 1. The molecule has 2 aromatic rings. The highest BCUT2D eigenvalue weighted by Gasteiger charge is 2.11. The Morgan fingerprint density at radius 3 is 2.70 bits per heavy atom. The van der Waals surface area contributed by atoms with Crippen LogP contribution in [0.4, 0.5) is 17.2 Å². The highest BCUT2D eigenvalue weighted by molar-refractivity contribution is 9.10. The maximum Gasteiger partial charge on any atom is 0.256 e. The molecule has 0 fully saturated rings. The van der Waals surface area contributed by atoms with E-state index in [1.807, 2.05) is 31.1 Å². The first-order valence-corrected chi connectivity index (χ1v) is 6.77. The Hall–Kier alpha value is -2.08. The van der Waals surface area contributed by atoms with E-state index in [4.69, 9.17) is 5.73 Å². The van der Waals surface area contributed by atoms with Crippen LogP contribution in [0.25, 0.3) is 0 Å². The molecule has 0 aliphatic carbocycles. The van der Waals surface area contributed by atoms with Crippen LogP contribution in [0.3, 0.4) is 0 Å². The third kappa shape index (κ3) is 3.08. The number of nitrogen functional groups attached to an aromatic ring is 1. The molecule has 0 unspecified atom stereocenters. The van der Waals surface area contributed by atoms with Crippen LogP contribution in [0.15, 0.2) is 41.0 Å². The molecule has 1 heterocycles. The third-order valence-electron chi connectivity index (χ3n) is 2.76. The first-order valence-electron chi connectivity index (χ1n) is 5.97. The molecule has 0 saturated heterocycles. The van der Waals surface area contributed by atoms with Crippen LogP contribution in [0.1, 0.15) is 10.4 Å². The van der Waals surface area contributed by atoms with Crippen molar-refractivity contribution in [3.63, 3.8) is 0 Å². The molecule has 0 saturated carbocycles. The SMILES string of the molecule is CN(C)c1ccc(C(=O)Nc2ncccc2Br)cc1N. The van der Waals surface area contributed by atoms with E-state index in [0.29, 0.717) is 17.1 Å². The minimum absolute atomic E-state index is 0.249. The highest BCUT2D eigenvalue weighted by atomic mass is 79.9. The molecule has 0 atom stereocenters. The standard InChI is InChI=1S/C14H15BrN4O/c1-19(2)12-6-5-9(8-11(12)16)14(20)18-13-10(15)4-3-7-17-13/h3-8H,16H2,1-2H3,(H,17,18,20). The number of nitrogens with zero attached hydrogens (tertiary/aromatic N) is 2. The van der Waals surface area contributed by atoms with Gasteiger partial charge in [-0.25, -0.2) is 4.98 Å². The zero-order chi connectivity index (χ0) is 14.7. The second kappa shape index (κ2) is 5.92. The summed E-state index contributed by atoms with van der Waals surface area (Å²) in [6.07, 6.45) is 1.61. The van der Waals surface area contributed by atoms with E-state index in [1.165, 1.54) is 0 Å². The lowest BCUT2D eigenvalue weighted by Gasteiger charge is -2.15. The summed E-state index contributed by atoms with van der Waals surface area (Å²) >= 11 is 3.33. The summed E-state index contributed by atoms with van der Waals surface area (Å²) in [5, 5.41) is 2.74. The Balaban J connectivity index is 2.22. The minimum atomic E-state index is -0.249. The van der Waals surface area contributed by atoms with Crippen molar-refractivity contribution in [2.24, 2.45) is 0 Å². The van der Waals surface area contributed by atoms with E-state index >= 15 is 0 Å². The van der Waals surface area contributed by atoms with Crippen molar-refractivity contribution in [3.05, 3.63) is 46.6 Å². The van der Waals surface area contributed by atoms with Crippen LogP contribution in [0, 0.1) is 0 Å². The number of hydrogen-bond acceptors (Lipinski definition) is 4. The van der Waals surface area contributed by atoms with Gasteiger partial charge in [0, 0.05) is 25.9 Å². The van der Waals surface area contributed by atoms with Crippen molar-refractivity contribution in [1.82, 2.24) is 4.98 Å². The van der Waals surface area contributed by atoms with Gasteiger partial charge in [-0.05, 0) is 46.3 Å². The molecule has 1 aromatic carbocycles. The quantitative estimate of drug-likeness (QED) is 0.846. The molecule has 0 aliphatic rings. The molecule has 0 radical (unpaired) electrons. The molecule has 5 nitrogen and oxygen atoms in total. The summed E-state index contributed by atoms with van der Waals surface area (Å²) in [5.41, 5.74) is 7.86. The molecule has 0 aliphatic heterocycles. The lowest BCUT2D eigenvalue weighted by molar-refractivity contribution is 0.102. The summed E-state index contributed by atoms with van der Waals surface area (Å²) < 4.78 is 0.728. The molecular formula is C14H15BrN4O. The molecule has 2 rings (SSSR count). The molecule has 1 aromatic heterocycles. The fourth-order valence-electron chi connectivity index (χ4n) is 1.76. The maximum absolute atomic E-state index is 12.2. The average Bonchev–Trinajstić information content (AvgIpc) is 2.40. The summed E-state index contributed by atoms with van der Waals surface area (Å²) in [6.45, 7) is 0. The van der Waals surface area contributed by atoms with Crippen molar-refractivity contribution in [2.45, 2.75) is 0 Å². The van der Waals surface area contributed by atoms with E-state index in [0.717, 1.165) is 10.2 Å². The van der Waals surface area contributed by atoms with E-state index in [2.05, 4.69) is 26.2 Å². The Morgan fingerprint density at radius 2 is 2.10 bits per heavy atom. The summed E-state index contributed by atoms with van der Waals surface area (Å²) in [7, 11) is 3.80. The van der Waals surface area contributed by atoms with Crippen LogP contribution in [-0.4, -0.2) is 25.0 Å². The lowest BCUT2D eigenvalue weighted by atomic mass is 10.1. The van der Waals surface area contributed by atoms with Gasteiger partial charge in [0.15, 0.2) is 0 Å². The number of pyridine rings is 1. The largest absolute Gasteiger partial charge is 0.397 e. The van der Waals surface area contributed by atoms with Gasteiger partial charge in [-0.1, -0.05) is 0 Å². The van der Waals surface area contributed by atoms with Crippen molar-refractivity contribution in [1.29, 1.82) is 0 Å². The van der Waals surface area contributed by atoms with Crippen LogP contribution in [0.5, 0.6) is 0 Å². The van der Waals surface area contributed by atoms with Gasteiger partial charge in [0.2, 0.25) is 0 Å². The third-order valence-corrected chi connectivity index (χ3v) is 3.40. The van der Waals surface area contributed by atoms with Gasteiger partial charge >= 0.3 is 0 Å². The number of aromatic nitrogens is 1. The van der Waals surface area contributed by atoms with Crippen LogP contribution >= 0.6 is 15.9 Å². The monoisotopic (exact) mass is 334 g/mol. The summed E-state index contributed by atoms with van der Waals surface area (Å²) in [6, 6.07) is 8.80. The van der Waals surface area contributed by atoms with Crippen molar-refractivity contribution >= 4 is 39.0 Å². The number of hydrogen-bond donors (Lipinski definition) is 2. The van der Waals surface area contributed by atoms with Gasteiger partial charge in [0.25, 0.3) is 5.91 Å². The van der Waals surface area contributed by atoms with Crippen LogP contribution < -0.4 is 16.0 Å². The number of amides is 1. The van der Waals surface area contributed by atoms with Crippen LogP contribution in [0.2, 0.25) is 0 Å². The molecule has 0 spiro atoms. The number of anilines is 3. The van der Waals surface area contributed by atoms with Gasteiger partial charge in [-0.2, -0.15) is 0 Å². The van der Waals surface area contributed by atoms with Crippen LogP contribution in [-0.2, 0) is 0 Å². The zero-order valence-corrected chi connectivity index (χ0v) is 12.8. The first-order chi connectivity index (χ1) is 9.49. The Kier molecular flexibility index (Phi) is 4.24. The number of carbonyl (C=O) groups is 1. The molecule has 1 amide bonds. The topological polar surface area (TPSA) is 71.2 Å². The number of halogens is 1. The molecule has 3 N–H and O–H groups in total. The number of rotatable bonds is 3. The second-order valence-corrected chi connectivity index (χ2v) is 5.31. The predicted molar refractivity (Wildman–Crippen MR) is 85.1 cm³/mol. The average molecular weight is 335 g/mol. The van der Waals surface area contributed by atoms with E-state index in [-0.39, 0.29) is 5.91 Å². The van der Waals surface area contributed by atoms with E-state index < -0.39 is 0 Å². The highest BCUT2D eigenvalue weighted by Crippen LogP contribution is 2.24. The predicted octanol–water partition coefficient (Wildman–Crippen LogP) is 2.74. The number of benzene rings is 1. The minimum Gasteiger partial charge on any atom is -0.397 e. The molecule has 104 valence electrons. The van der Waals surface area contributed by atoms with Crippen molar-refractivity contribution < 1.29 is 4.79 Å². The first kappa shape index (κ1) is 14.3. The van der Waals surface area contributed by atoms with Gasteiger partial charge in [-0.15, -0.1) is 0 Å².